The maximum Gasteiger partial charge on any atom is 0.207 e. The van der Waals surface area contributed by atoms with Crippen LogP contribution in [0, 0.1) is 0 Å². The van der Waals surface area contributed by atoms with Crippen LogP contribution in [-0.2, 0) is 6.54 Å². The minimum Gasteiger partial charge on any atom is -0.342 e. The highest BCUT2D eigenvalue weighted by Gasteiger charge is 2.26. The largest absolute Gasteiger partial charge is 0.342 e. The van der Waals surface area contributed by atoms with Crippen molar-refractivity contribution in [2.24, 2.45) is 0 Å². The zero-order chi connectivity index (χ0) is 21.8. The van der Waals surface area contributed by atoms with E-state index in [1.54, 1.807) is 0 Å². The Morgan fingerprint density at radius 1 is 0.719 bits per heavy atom. The van der Waals surface area contributed by atoms with Gasteiger partial charge in [0.05, 0.1) is 17.9 Å². The maximum atomic E-state index is 13.3. The molecule has 0 spiro atoms. The van der Waals surface area contributed by atoms with Crippen LogP contribution in [0.3, 0.4) is 0 Å². The van der Waals surface area contributed by atoms with E-state index in [2.05, 4.69) is 33.7 Å². The summed E-state index contributed by atoms with van der Waals surface area (Å²) in [6.45, 7) is 2.21. The second-order valence-corrected chi connectivity index (χ2v) is 8.26. The van der Waals surface area contributed by atoms with Gasteiger partial charge in [0.15, 0.2) is 5.78 Å². The van der Waals surface area contributed by atoms with Crippen LogP contribution in [0.2, 0.25) is 0 Å². The van der Waals surface area contributed by atoms with Gasteiger partial charge in [-0.05, 0) is 19.3 Å². The zero-order valence-corrected chi connectivity index (χ0v) is 18.2. The Kier molecular flexibility index (Phi) is 5.84. The van der Waals surface area contributed by atoms with Crippen LogP contribution in [-0.4, -0.2) is 28.4 Å². The van der Waals surface area contributed by atoms with Crippen molar-refractivity contribution in [1.82, 2.24) is 9.55 Å². The van der Waals surface area contributed by atoms with Crippen molar-refractivity contribution in [2.75, 3.05) is 18.0 Å². The van der Waals surface area contributed by atoms with Gasteiger partial charge in [0.25, 0.3) is 0 Å². The molecule has 0 unspecified atom stereocenters. The molecule has 0 radical (unpaired) electrons. The first-order valence-corrected chi connectivity index (χ1v) is 11.4. The number of carbonyl (C=O) groups is 1. The second-order valence-electron chi connectivity index (χ2n) is 8.26. The average molecular weight is 422 g/mol. The number of hydrogen-bond acceptors (Lipinski definition) is 3. The number of imidazole rings is 1. The van der Waals surface area contributed by atoms with E-state index in [0.717, 1.165) is 60.0 Å². The number of Topliss-reactive ketones (excluding diaryl/α,β-unsaturated/α-hetero) is 1. The Hall–Kier alpha value is -3.66. The standard InChI is InChI=1S/C28H27N3O/c32-25(22-13-5-1-6-14-22)21-31-27(24-17-9-3-10-18-24)26(23-15-7-2-8-16-23)29-28(31)30-19-11-4-12-20-30/h1-3,5-10,13-18H,4,11-12,19-21H2. The van der Waals surface area contributed by atoms with Crippen LogP contribution in [0.15, 0.2) is 91.0 Å². The van der Waals surface area contributed by atoms with Crippen molar-refractivity contribution in [3.63, 3.8) is 0 Å². The summed E-state index contributed by atoms with van der Waals surface area (Å²) < 4.78 is 2.14. The number of nitrogens with zero attached hydrogens (tertiary/aromatic N) is 3. The van der Waals surface area contributed by atoms with Crippen molar-refractivity contribution >= 4 is 11.7 Å². The number of benzene rings is 3. The fourth-order valence-electron chi connectivity index (χ4n) is 4.47. The van der Waals surface area contributed by atoms with Crippen LogP contribution in [0.5, 0.6) is 0 Å². The van der Waals surface area contributed by atoms with E-state index in [0.29, 0.717) is 0 Å². The van der Waals surface area contributed by atoms with Gasteiger partial charge in [-0.25, -0.2) is 4.98 Å². The number of piperidine rings is 1. The first-order chi connectivity index (χ1) is 15.8. The van der Waals surface area contributed by atoms with Gasteiger partial charge in [-0.2, -0.15) is 0 Å². The molecule has 0 bridgehead atoms. The number of hydrogen-bond donors (Lipinski definition) is 0. The molecular weight excluding hydrogens is 394 g/mol. The Bertz CT molecular complexity index is 1180. The third kappa shape index (κ3) is 4.09. The third-order valence-electron chi connectivity index (χ3n) is 6.08. The van der Waals surface area contributed by atoms with Crippen LogP contribution in [0.4, 0.5) is 5.95 Å². The third-order valence-corrected chi connectivity index (χ3v) is 6.08. The zero-order valence-electron chi connectivity index (χ0n) is 18.2. The Morgan fingerprint density at radius 3 is 1.91 bits per heavy atom. The maximum absolute atomic E-state index is 13.3. The molecule has 3 aromatic carbocycles. The molecule has 4 nitrogen and oxygen atoms in total. The van der Waals surface area contributed by atoms with E-state index in [9.17, 15) is 4.79 Å². The Balaban J connectivity index is 1.69. The molecule has 4 heteroatoms. The van der Waals surface area contributed by atoms with Crippen LogP contribution >= 0.6 is 0 Å². The fourth-order valence-corrected chi connectivity index (χ4v) is 4.47. The van der Waals surface area contributed by atoms with Crippen LogP contribution in [0.1, 0.15) is 29.6 Å². The summed E-state index contributed by atoms with van der Waals surface area (Å²) in [5.74, 6) is 0.990. The Labute approximate surface area is 189 Å². The molecule has 1 aromatic heterocycles. The smallest absolute Gasteiger partial charge is 0.207 e. The lowest BCUT2D eigenvalue weighted by Gasteiger charge is -2.28. The average Bonchev–Trinajstić information content (AvgIpc) is 3.25. The lowest BCUT2D eigenvalue weighted by Crippen LogP contribution is -2.32. The number of aromatic nitrogens is 2. The van der Waals surface area contributed by atoms with E-state index in [4.69, 9.17) is 4.98 Å². The second kappa shape index (κ2) is 9.23. The molecule has 32 heavy (non-hydrogen) atoms. The van der Waals surface area contributed by atoms with Gasteiger partial charge in [0, 0.05) is 29.8 Å². The van der Waals surface area contributed by atoms with Gasteiger partial charge in [-0.3, -0.25) is 4.79 Å². The molecule has 1 saturated heterocycles. The molecule has 4 aromatic rings. The highest BCUT2D eigenvalue weighted by molar-refractivity contribution is 5.97. The normalized spacial score (nSPS) is 13.8. The summed E-state index contributed by atoms with van der Waals surface area (Å²) in [6, 6.07) is 30.2. The van der Waals surface area contributed by atoms with Crippen molar-refractivity contribution in [3.05, 3.63) is 96.6 Å². The summed E-state index contributed by atoms with van der Waals surface area (Å²) in [5, 5.41) is 0. The van der Waals surface area contributed by atoms with Crippen molar-refractivity contribution in [1.29, 1.82) is 0 Å². The lowest BCUT2D eigenvalue weighted by atomic mass is 10.0. The fraction of sp³-hybridized carbons (Fsp3) is 0.214. The molecule has 1 aliphatic heterocycles. The van der Waals surface area contributed by atoms with Gasteiger partial charge in [-0.15, -0.1) is 0 Å². The topological polar surface area (TPSA) is 38.1 Å². The molecule has 1 aliphatic rings. The minimum atomic E-state index is 0.0954. The van der Waals surface area contributed by atoms with Crippen molar-refractivity contribution in [3.8, 4) is 22.5 Å². The van der Waals surface area contributed by atoms with Gasteiger partial charge < -0.3 is 9.47 Å². The van der Waals surface area contributed by atoms with Gasteiger partial charge in [0.2, 0.25) is 5.95 Å². The molecule has 0 N–H and O–H groups in total. The van der Waals surface area contributed by atoms with Gasteiger partial charge >= 0.3 is 0 Å². The molecule has 1 fully saturated rings. The van der Waals surface area contributed by atoms with E-state index < -0.39 is 0 Å². The number of carbonyl (C=O) groups excluding carboxylic acids is 1. The first-order valence-electron chi connectivity index (χ1n) is 11.4. The summed E-state index contributed by atoms with van der Waals surface area (Å²) in [6.07, 6.45) is 3.55. The lowest BCUT2D eigenvalue weighted by molar-refractivity contribution is 0.0973. The molecule has 0 atom stereocenters. The summed E-state index contributed by atoms with van der Waals surface area (Å²) in [7, 11) is 0. The van der Waals surface area contributed by atoms with E-state index in [-0.39, 0.29) is 12.3 Å². The summed E-state index contributed by atoms with van der Waals surface area (Å²) in [4.78, 5) is 20.8. The number of ketones is 1. The minimum absolute atomic E-state index is 0.0954. The molecule has 5 rings (SSSR count). The highest BCUT2D eigenvalue weighted by atomic mass is 16.1. The summed E-state index contributed by atoms with van der Waals surface area (Å²) in [5.41, 5.74) is 4.80. The predicted molar refractivity (Wildman–Crippen MR) is 130 cm³/mol. The predicted octanol–water partition coefficient (Wildman–Crippen LogP) is 6.09. The molecular formula is C28H27N3O. The van der Waals surface area contributed by atoms with Gasteiger partial charge in [0.1, 0.15) is 0 Å². The van der Waals surface area contributed by atoms with Crippen molar-refractivity contribution < 1.29 is 4.79 Å². The molecule has 2 heterocycles. The van der Waals surface area contributed by atoms with E-state index >= 15 is 0 Å². The number of rotatable bonds is 6. The first kappa shape index (κ1) is 20.3. The van der Waals surface area contributed by atoms with Crippen LogP contribution < -0.4 is 4.90 Å². The SMILES string of the molecule is O=C(Cn1c(N2CCCCC2)nc(-c2ccccc2)c1-c1ccccc1)c1ccccc1. The Morgan fingerprint density at radius 2 is 1.28 bits per heavy atom. The molecule has 0 amide bonds. The molecule has 0 aliphatic carbocycles. The van der Waals surface area contributed by atoms with E-state index in [1.807, 2.05) is 66.7 Å². The van der Waals surface area contributed by atoms with E-state index in [1.165, 1.54) is 6.42 Å². The number of anilines is 1. The molecule has 0 saturated carbocycles. The quantitative estimate of drug-likeness (QED) is 0.354. The molecule has 160 valence electrons. The van der Waals surface area contributed by atoms with Crippen molar-refractivity contribution in [2.45, 2.75) is 25.8 Å². The highest BCUT2D eigenvalue weighted by Crippen LogP contribution is 2.36. The van der Waals surface area contributed by atoms with Crippen LogP contribution in [0.25, 0.3) is 22.5 Å². The summed E-state index contributed by atoms with van der Waals surface area (Å²) >= 11 is 0. The van der Waals surface area contributed by atoms with Gasteiger partial charge in [-0.1, -0.05) is 91.0 Å². The monoisotopic (exact) mass is 421 g/mol.